The Hall–Kier alpha value is -1.02. The molecule has 1 aromatic carbocycles. The van der Waals surface area contributed by atoms with E-state index in [-0.39, 0.29) is 11.5 Å². The van der Waals surface area contributed by atoms with Crippen LogP contribution in [0.15, 0.2) is 24.3 Å². The van der Waals surface area contributed by atoms with Crippen molar-refractivity contribution in [3.8, 4) is 5.75 Å². The molecule has 16 heavy (non-hydrogen) atoms. The molecule has 2 N–H and O–H groups in total. The zero-order chi connectivity index (χ0) is 12.2. The Morgan fingerprint density at radius 2 is 1.88 bits per heavy atom. The van der Waals surface area contributed by atoms with Gasteiger partial charge in [-0.05, 0) is 23.5 Å². The van der Waals surface area contributed by atoms with Gasteiger partial charge in [-0.1, -0.05) is 45.9 Å². The summed E-state index contributed by atoms with van der Waals surface area (Å²) in [6, 6.07) is 8.21. The largest absolute Gasteiger partial charge is 0.489 e. The quantitative estimate of drug-likeness (QED) is 0.848. The van der Waals surface area contributed by atoms with Gasteiger partial charge in [0.05, 0.1) is 0 Å². The SMILES string of the molecule is CCC(CN)Oc1ccccc1C(C)(C)C. The lowest BCUT2D eigenvalue weighted by atomic mass is 9.86. The summed E-state index contributed by atoms with van der Waals surface area (Å²) in [6.45, 7) is 9.24. The predicted octanol–water partition coefficient (Wildman–Crippen LogP) is 3.10. The van der Waals surface area contributed by atoms with Crippen LogP contribution in [0.3, 0.4) is 0 Å². The summed E-state index contributed by atoms with van der Waals surface area (Å²) >= 11 is 0. The lowest BCUT2D eigenvalue weighted by Crippen LogP contribution is -2.27. The van der Waals surface area contributed by atoms with Gasteiger partial charge in [0.1, 0.15) is 11.9 Å². The molecule has 1 atom stereocenters. The van der Waals surface area contributed by atoms with Gasteiger partial charge < -0.3 is 10.5 Å². The number of hydrogen-bond acceptors (Lipinski definition) is 2. The normalized spacial score (nSPS) is 13.6. The summed E-state index contributed by atoms with van der Waals surface area (Å²) in [4.78, 5) is 0. The summed E-state index contributed by atoms with van der Waals surface area (Å²) in [5.41, 5.74) is 7.00. The molecule has 0 aliphatic carbocycles. The van der Waals surface area contributed by atoms with Crippen LogP contribution in [0.25, 0.3) is 0 Å². The maximum Gasteiger partial charge on any atom is 0.123 e. The van der Waals surface area contributed by atoms with Crippen LogP contribution in [0.5, 0.6) is 5.75 Å². The molecule has 1 unspecified atom stereocenters. The van der Waals surface area contributed by atoms with Crippen molar-refractivity contribution in [2.75, 3.05) is 6.54 Å². The molecule has 0 bridgehead atoms. The van der Waals surface area contributed by atoms with Crippen molar-refractivity contribution >= 4 is 0 Å². The minimum Gasteiger partial charge on any atom is -0.489 e. The molecule has 0 heterocycles. The van der Waals surface area contributed by atoms with Crippen LogP contribution in [0.4, 0.5) is 0 Å². The first-order valence-corrected chi connectivity index (χ1v) is 5.95. The van der Waals surface area contributed by atoms with Crippen LogP contribution in [0.1, 0.15) is 39.7 Å². The first-order chi connectivity index (χ1) is 7.49. The molecule has 0 aliphatic rings. The maximum absolute atomic E-state index is 5.95. The van der Waals surface area contributed by atoms with Gasteiger partial charge >= 0.3 is 0 Å². The van der Waals surface area contributed by atoms with Crippen LogP contribution in [0, 0.1) is 0 Å². The van der Waals surface area contributed by atoms with E-state index in [4.69, 9.17) is 10.5 Å². The Balaban J connectivity index is 2.95. The molecule has 90 valence electrons. The molecule has 2 heteroatoms. The zero-order valence-electron chi connectivity index (χ0n) is 10.8. The third kappa shape index (κ3) is 3.24. The second-order valence-electron chi connectivity index (χ2n) is 5.13. The summed E-state index contributed by atoms with van der Waals surface area (Å²) in [6.07, 6.45) is 1.05. The Kier molecular flexibility index (Phi) is 4.36. The molecule has 1 rings (SSSR count). The molecular weight excluding hydrogens is 198 g/mol. The van der Waals surface area contributed by atoms with E-state index in [1.165, 1.54) is 5.56 Å². The lowest BCUT2D eigenvalue weighted by molar-refractivity contribution is 0.201. The molecule has 2 nitrogen and oxygen atoms in total. The second-order valence-corrected chi connectivity index (χ2v) is 5.13. The van der Waals surface area contributed by atoms with Crippen LogP contribution in [-0.4, -0.2) is 12.6 Å². The summed E-state index contributed by atoms with van der Waals surface area (Å²) in [5.74, 6) is 0.965. The third-order valence-corrected chi connectivity index (χ3v) is 2.71. The van der Waals surface area contributed by atoms with Gasteiger partial charge in [0.15, 0.2) is 0 Å². The Morgan fingerprint density at radius 3 is 2.38 bits per heavy atom. The van der Waals surface area contributed by atoms with Gasteiger partial charge in [0, 0.05) is 6.54 Å². The molecule has 0 aliphatic heterocycles. The van der Waals surface area contributed by atoms with E-state index in [0.717, 1.165) is 12.2 Å². The fraction of sp³-hybridized carbons (Fsp3) is 0.571. The Bertz CT molecular complexity index is 324. The number of nitrogens with two attached hydrogens (primary N) is 1. The third-order valence-electron chi connectivity index (χ3n) is 2.71. The highest BCUT2D eigenvalue weighted by Gasteiger charge is 2.19. The van der Waals surface area contributed by atoms with Crippen molar-refractivity contribution in [3.05, 3.63) is 29.8 Å². The van der Waals surface area contributed by atoms with E-state index in [0.29, 0.717) is 6.54 Å². The highest BCUT2D eigenvalue weighted by molar-refractivity contribution is 5.38. The van der Waals surface area contributed by atoms with E-state index in [1.807, 2.05) is 12.1 Å². The number of rotatable bonds is 4. The number of benzene rings is 1. The van der Waals surface area contributed by atoms with Gasteiger partial charge in [0.25, 0.3) is 0 Å². The Morgan fingerprint density at radius 1 is 1.25 bits per heavy atom. The number of ether oxygens (including phenoxy) is 1. The highest BCUT2D eigenvalue weighted by atomic mass is 16.5. The Labute approximate surface area is 98.8 Å². The summed E-state index contributed by atoms with van der Waals surface area (Å²) in [7, 11) is 0. The van der Waals surface area contributed by atoms with E-state index >= 15 is 0 Å². The topological polar surface area (TPSA) is 35.2 Å². The van der Waals surface area contributed by atoms with E-state index < -0.39 is 0 Å². The monoisotopic (exact) mass is 221 g/mol. The minimum atomic E-state index is 0.101. The van der Waals surface area contributed by atoms with E-state index in [2.05, 4.69) is 39.8 Å². The van der Waals surface area contributed by atoms with Gasteiger partial charge in [-0.3, -0.25) is 0 Å². The van der Waals surface area contributed by atoms with Gasteiger partial charge in [-0.25, -0.2) is 0 Å². The standard InChI is InChI=1S/C14H23NO/c1-5-11(10-15)16-13-9-7-6-8-12(13)14(2,3)4/h6-9,11H,5,10,15H2,1-4H3. The van der Waals surface area contributed by atoms with Crippen molar-refractivity contribution in [3.63, 3.8) is 0 Å². The van der Waals surface area contributed by atoms with E-state index in [9.17, 15) is 0 Å². The zero-order valence-corrected chi connectivity index (χ0v) is 10.8. The fourth-order valence-electron chi connectivity index (χ4n) is 1.67. The molecule has 1 aromatic rings. The highest BCUT2D eigenvalue weighted by Crippen LogP contribution is 2.31. The molecule has 0 saturated heterocycles. The minimum absolute atomic E-state index is 0.101. The van der Waals surface area contributed by atoms with Crippen LogP contribution < -0.4 is 10.5 Å². The molecule has 0 spiro atoms. The van der Waals surface area contributed by atoms with Crippen molar-refractivity contribution in [1.82, 2.24) is 0 Å². The fourth-order valence-corrected chi connectivity index (χ4v) is 1.67. The summed E-state index contributed by atoms with van der Waals surface area (Å²) in [5, 5.41) is 0. The average Bonchev–Trinajstić information content (AvgIpc) is 2.25. The second kappa shape index (κ2) is 5.35. The molecule has 0 saturated carbocycles. The number of hydrogen-bond donors (Lipinski definition) is 1. The smallest absolute Gasteiger partial charge is 0.123 e. The molecule has 0 fully saturated rings. The van der Waals surface area contributed by atoms with Crippen molar-refractivity contribution in [1.29, 1.82) is 0 Å². The molecule has 0 radical (unpaired) electrons. The van der Waals surface area contributed by atoms with Crippen molar-refractivity contribution in [2.24, 2.45) is 5.73 Å². The van der Waals surface area contributed by atoms with Gasteiger partial charge in [0.2, 0.25) is 0 Å². The molecule has 0 amide bonds. The van der Waals surface area contributed by atoms with Crippen LogP contribution in [0.2, 0.25) is 0 Å². The maximum atomic E-state index is 5.95. The van der Waals surface area contributed by atoms with Gasteiger partial charge in [-0.15, -0.1) is 0 Å². The van der Waals surface area contributed by atoms with Crippen LogP contribution in [-0.2, 0) is 5.41 Å². The molecule has 0 aromatic heterocycles. The first-order valence-electron chi connectivity index (χ1n) is 5.95. The average molecular weight is 221 g/mol. The van der Waals surface area contributed by atoms with E-state index in [1.54, 1.807) is 0 Å². The van der Waals surface area contributed by atoms with Crippen LogP contribution >= 0.6 is 0 Å². The predicted molar refractivity (Wildman–Crippen MR) is 68.9 cm³/mol. The number of para-hydroxylation sites is 1. The summed E-state index contributed by atoms with van der Waals surface area (Å²) < 4.78 is 5.95. The lowest BCUT2D eigenvalue weighted by Gasteiger charge is -2.25. The van der Waals surface area contributed by atoms with Gasteiger partial charge in [-0.2, -0.15) is 0 Å². The van der Waals surface area contributed by atoms with Crippen molar-refractivity contribution in [2.45, 2.75) is 45.6 Å². The van der Waals surface area contributed by atoms with Crippen molar-refractivity contribution < 1.29 is 4.74 Å². The molecular formula is C14H23NO. The first kappa shape index (κ1) is 13.0.